The van der Waals surface area contributed by atoms with Gasteiger partial charge in [0.15, 0.2) is 0 Å². The fourth-order valence-corrected chi connectivity index (χ4v) is 2.07. The number of nitrogens with two attached hydrogens (primary N) is 1. The Bertz CT molecular complexity index is 433. The van der Waals surface area contributed by atoms with E-state index < -0.39 is 0 Å². The molecule has 5 nitrogen and oxygen atoms in total. The number of carbonyl (C=O) groups excluding carboxylic acids is 1. The molecule has 0 radical (unpaired) electrons. The topological polar surface area (TPSA) is 79.2 Å². The summed E-state index contributed by atoms with van der Waals surface area (Å²) in [6, 6.07) is 10.1. The van der Waals surface area contributed by atoms with Crippen LogP contribution in [0.3, 0.4) is 0 Å². The van der Waals surface area contributed by atoms with Crippen molar-refractivity contribution in [3.05, 3.63) is 35.9 Å². The van der Waals surface area contributed by atoms with Crippen LogP contribution >= 0.6 is 12.4 Å². The summed E-state index contributed by atoms with van der Waals surface area (Å²) in [6.45, 7) is 4.25. The van der Waals surface area contributed by atoms with Crippen molar-refractivity contribution >= 4 is 18.3 Å². The van der Waals surface area contributed by atoms with Crippen molar-refractivity contribution in [2.45, 2.75) is 37.9 Å². The summed E-state index contributed by atoms with van der Waals surface area (Å²) in [5.41, 5.74) is 12.8. The molecule has 0 bridgehead atoms. The lowest BCUT2D eigenvalue weighted by atomic mass is 10.0. The Morgan fingerprint density at radius 2 is 2.00 bits per heavy atom. The molecule has 112 valence electrons. The Kier molecular flexibility index (Phi) is 5.95. The lowest BCUT2D eigenvalue weighted by molar-refractivity contribution is -0.123. The third-order valence-electron chi connectivity index (χ3n) is 3.14. The molecule has 6 heteroatoms. The molecule has 1 aliphatic heterocycles. The van der Waals surface area contributed by atoms with Gasteiger partial charge in [0.05, 0.1) is 0 Å². The van der Waals surface area contributed by atoms with Crippen LogP contribution in [0.2, 0.25) is 0 Å². The second-order valence-electron chi connectivity index (χ2n) is 5.75. The van der Waals surface area contributed by atoms with Crippen LogP contribution in [0.1, 0.15) is 31.9 Å². The number of hydrazine groups is 1. The van der Waals surface area contributed by atoms with E-state index in [1.54, 1.807) is 0 Å². The standard InChI is InChI=1S/C14H22N4O.ClH/c1-14(2,15)9-16-13(19)12-8-11(17-18-12)10-6-4-3-5-7-10;/h3-7,11-12,17-18H,8-9,15H2,1-2H3,(H,16,19);1H. The van der Waals surface area contributed by atoms with Gasteiger partial charge in [-0.05, 0) is 25.8 Å². The van der Waals surface area contributed by atoms with Crippen molar-refractivity contribution in [1.29, 1.82) is 0 Å². The Morgan fingerprint density at radius 1 is 1.35 bits per heavy atom. The normalized spacial score (nSPS) is 22.1. The maximum Gasteiger partial charge on any atom is 0.238 e. The molecule has 2 rings (SSSR count). The van der Waals surface area contributed by atoms with Crippen molar-refractivity contribution in [1.82, 2.24) is 16.2 Å². The molecule has 1 heterocycles. The Hall–Kier alpha value is -1.14. The highest BCUT2D eigenvalue weighted by Crippen LogP contribution is 2.21. The van der Waals surface area contributed by atoms with Crippen LogP contribution in [-0.2, 0) is 4.79 Å². The van der Waals surface area contributed by atoms with Gasteiger partial charge in [-0.25, -0.2) is 10.9 Å². The van der Waals surface area contributed by atoms with Crippen molar-refractivity contribution in [2.75, 3.05) is 6.54 Å². The van der Waals surface area contributed by atoms with Crippen LogP contribution in [-0.4, -0.2) is 24.0 Å². The number of carbonyl (C=O) groups is 1. The van der Waals surface area contributed by atoms with Gasteiger partial charge in [0.25, 0.3) is 0 Å². The molecule has 2 atom stereocenters. The maximum atomic E-state index is 12.0. The first-order chi connectivity index (χ1) is 8.96. The Balaban J connectivity index is 0.00000200. The summed E-state index contributed by atoms with van der Waals surface area (Å²) in [5, 5.41) is 2.87. The van der Waals surface area contributed by atoms with Crippen molar-refractivity contribution in [2.24, 2.45) is 5.73 Å². The molecule has 0 aliphatic carbocycles. The lowest BCUT2D eigenvalue weighted by Crippen LogP contribution is -2.50. The van der Waals surface area contributed by atoms with Gasteiger partial charge >= 0.3 is 0 Å². The molecule has 1 aromatic carbocycles. The van der Waals surface area contributed by atoms with Gasteiger partial charge < -0.3 is 11.1 Å². The fourth-order valence-electron chi connectivity index (χ4n) is 2.07. The lowest BCUT2D eigenvalue weighted by Gasteiger charge is -2.20. The van der Waals surface area contributed by atoms with Crippen LogP contribution in [0, 0.1) is 0 Å². The van der Waals surface area contributed by atoms with E-state index in [1.807, 2.05) is 32.0 Å². The van der Waals surface area contributed by atoms with Gasteiger partial charge in [0.2, 0.25) is 5.91 Å². The van der Waals surface area contributed by atoms with E-state index in [4.69, 9.17) is 5.73 Å². The molecule has 20 heavy (non-hydrogen) atoms. The largest absolute Gasteiger partial charge is 0.353 e. The molecule has 1 aliphatic rings. The molecular formula is C14H23ClN4O. The molecular weight excluding hydrogens is 276 g/mol. The molecule has 1 fully saturated rings. The van der Waals surface area contributed by atoms with E-state index in [0.29, 0.717) is 6.54 Å². The van der Waals surface area contributed by atoms with Crippen LogP contribution in [0.4, 0.5) is 0 Å². The predicted octanol–water partition coefficient (Wildman–Crippen LogP) is 0.869. The van der Waals surface area contributed by atoms with Crippen LogP contribution < -0.4 is 21.9 Å². The van der Waals surface area contributed by atoms with Crippen molar-refractivity contribution in [3.63, 3.8) is 0 Å². The second kappa shape index (κ2) is 7.04. The zero-order valence-corrected chi connectivity index (χ0v) is 12.7. The number of hydrogen-bond acceptors (Lipinski definition) is 4. The summed E-state index contributed by atoms with van der Waals surface area (Å²) >= 11 is 0. The first-order valence-electron chi connectivity index (χ1n) is 6.58. The Morgan fingerprint density at radius 3 is 2.60 bits per heavy atom. The highest BCUT2D eigenvalue weighted by molar-refractivity contribution is 5.85. The third-order valence-corrected chi connectivity index (χ3v) is 3.14. The smallest absolute Gasteiger partial charge is 0.238 e. The average Bonchev–Trinajstić information content (AvgIpc) is 2.86. The van der Waals surface area contributed by atoms with Crippen molar-refractivity contribution in [3.8, 4) is 0 Å². The average molecular weight is 299 g/mol. The van der Waals surface area contributed by atoms with Gasteiger partial charge in [-0.15, -0.1) is 12.4 Å². The first-order valence-corrected chi connectivity index (χ1v) is 6.58. The number of rotatable bonds is 4. The van der Waals surface area contributed by atoms with E-state index in [0.717, 1.165) is 6.42 Å². The minimum Gasteiger partial charge on any atom is -0.353 e. The van der Waals surface area contributed by atoms with Crippen molar-refractivity contribution < 1.29 is 4.79 Å². The van der Waals surface area contributed by atoms with E-state index in [2.05, 4.69) is 28.3 Å². The number of halogens is 1. The summed E-state index contributed by atoms with van der Waals surface area (Å²) in [4.78, 5) is 12.0. The molecule has 5 N–H and O–H groups in total. The first kappa shape index (κ1) is 16.9. The van der Waals surface area contributed by atoms with Gasteiger partial charge in [-0.1, -0.05) is 30.3 Å². The van der Waals surface area contributed by atoms with Crippen LogP contribution in [0.5, 0.6) is 0 Å². The fraction of sp³-hybridized carbons (Fsp3) is 0.500. The van der Waals surface area contributed by atoms with E-state index in [9.17, 15) is 4.79 Å². The number of amides is 1. The summed E-state index contributed by atoms with van der Waals surface area (Å²) in [7, 11) is 0. The number of nitrogens with one attached hydrogen (secondary N) is 3. The Labute approximate surface area is 126 Å². The quantitative estimate of drug-likeness (QED) is 0.665. The monoisotopic (exact) mass is 298 g/mol. The predicted molar refractivity (Wildman–Crippen MR) is 82.4 cm³/mol. The molecule has 1 amide bonds. The molecule has 0 spiro atoms. The van der Waals surface area contributed by atoms with E-state index >= 15 is 0 Å². The third kappa shape index (κ3) is 4.76. The summed E-state index contributed by atoms with van der Waals surface area (Å²) in [6.07, 6.45) is 0.737. The van der Waals surface area contributed by atoms with E-state index in [-0.39, 0.29) is 35.9 Å². The van der Waals surface area contributed by atoms with E-state index in [1.165, 1.54) is 5.56 Å². The van der Waals surface area contributed by atoms with Gasteiger partial charge in [-0.3, -0.25) is 4.79 Å². The summed E-state index contributed by atoms with van der Waals surface area (Å²) in [5.74, 6) is -0.00976. The molecule has 2 unspecified atom stereocenters. The molecule has 1 saturated heterocycles. The SMILES string of the molecule is CC(C)(N)CNC(=O)C1CC(c2ccccc2)NN1.Cl. The summed E-state index contributed by atoms with van der Waals surface area (Å²) < 4.78 is 0. The highest BCUT2D eigenvalue weighted by atomic mass is 35.5. The molecule has 0 saturated carbocycles. The second-order valence-corrected chi connectivity index (χ2v) is 5.75. The molecule has 1 aromatic rings. The van der Waals surface area contributed by atoms with Gasteiger partial charge in [0, 0.05) is 18.1 Å². The van der Waals surface area contributed by atoms with Gasteiger partial charge in [0.1, 0.15) is 6.04 Å². The highest BCUT2D eigenvalue weighted by Gasteiger charge is 2.30. The van der Waals surface area contributed by atoms with Crippen LogP contribution in [0.25, 0.3) is 0 Å². The van der Waals surface area contributed by atoms with Gasteiger partial charge in [-0.2, -0.15) is 0 Å². The van der Waals surface area contributed by atoms with Crippen LogP contribution in [0.15, 0.2) is 30.3 Å². The zero-order valence-electron chi connectivity index (χ0n) is 11.8. The zero-order chi connectivity index (χ0) is 13.9. The maximum absolute atomic E-state index is 12.0. The minimum absolute atomic E-state index is 0. The number of hydrogen-bond donors (Lipinski definition) is 4. The molecule has 0 aromatic heterocycles. The minimum atomic E-state index is -0.388. The number of benzene rings is 1.